The van der Waals surface area contributed by atoms with Crippen molar-refractivity contribution in [2.45, 2.75) is 70.8 Å². The molecule has 1 heterocycles. The normalized spacial score (nSPS) is 29.9. The van der Waals surface area contributed by atoms with Gasteiger partial charge in [0, 0.05) is 24.7 Å². The second-order valence-corrected chi connectivity index (χ2v) is 5.55. The average Bonchev–Trinajstić information content (AvgIpc) is 2.64. The summed E-state index contributed by atoms with van der Waals surface area (Å²) in [6.07, 6.45) is 1.68. The van der Waals surface area contributed by atoms with Gasteiger partial charge in [-0.05, 0) is 40.5 Å². The fraction of sp³-hybridized carbons (Fsp3) is 0.923. The molecule has 1 amide bonds. The van der Waals surface area contributed by atoms with Gasteiger partial charge in [0.15, 0.2) is 0 Å². The Balaban J connectivity index is 2.46. The summed E-state index contributed by atoms with van der Waals surface area (Å²) in [4.78, 5) is 14.3. The van der Waals surface area contributed by atoms with Crippen LogP contribution in [0.3, 0.4) is 0 Å². The summed E-state index contributed by atoms with van der Waals surface area (Å²) < 4.78 is 0. The summed E-state index contributed by atoms with van der Waals surface area (Å²) in [5, 5.41) is 12.1. The first-order chi connectivity index (χ1) is 8.34. The molecule has 0 aromatic rings. The highest BCUT2D eigenvalue weighted by Crippen LogP contribution is 2.25. The lowest BCUT2D eigenvalue weighted by molar-refractivity contribution is -0.127. The molecule has 0 bridgehead atoms. The van der Waals surface area contributed by atoms with Gasteiger partial charge in [0.25, 0.3) is 0 Å². The van der Waals surface area contributed by atoms with Gasteiger partial charge < -0.3 is 16.2 Å². The van der Waals surface area contributed by atoms with Gasteiger partial charge in [0.1, 0.15) is 0 Å². The smallest absolute Gasteiger partial charge is 0.237 e. The van der Waals surface area contributed by atoms with Crippen molar-refractivity contribution < 1.29 is 9.90 Å². The van der Waals surface area contributed by atoms with Crippen molar-refractivity contribution in [3.8, 4) is 0 Å². The fourth-order valence-electron chi connectivity index (χ4n) is 2.65. The number of likely N-dealkylation sites (tertiary alicyclic amines) is 1. The Morgan fingerprint density at radius 2 is 1.89 bits per heavy atom. The van der Waals surface area contributed by atoms with Crippen LogP contribution in [0.4, 0.5) is 0 Å². The number of nitrogens with two attached hydrogens (primary N) is 1. The first-order valence-electron chi connectivity index (χ1n) is 6.83. The van der Waals surface area contributed by atoms with Crippen molar-refractivity contribution in [1.29, 1.82) is 0 Å². The maximum absolute atomic E-state index is 12.1. The van der Waals surface area contributed by atoms with E-state index >= 15 is 0 Å². The maximum atomic E-state index is 12.1. The molecule has 5 unspecified atom stereocenters. The number of nitrogens with zero attached hydrogens (tertiary/aromatic N) is 1. The first kappa shape index (κ1) is 15.4. The molecule has 0 saturated carbocycles. The molecule has 0 radical (unpaired) electrons. The van der Waals surface area contributed by atoms with Crippen LogP contribution < -0.4 is 11.1 Å². The van der Waals surface area contributed by atoms with Crippen LogP contribution in [-0.4, -0.2) is 52.7 Å². The van der Waals surface area contributed by atoms with Crippen molar-refractivity contribution in [2.24, 2.45) is 5.73 Å². The number of aliphatic hydroxyl groups is 1. The summed E-state index contributed by atoms with van der Waals surface area (Å²) in [5.41, 5.74) is 5.69. The number of carbonyl (C=O) groups is 1. The lowest BCUT2D eigenvalue weighted by Gasteiger charge is -2.32. The minimum Gasteiger partial charge on any atom is -0.392 e. The van der Waals surface area contributed by atoms with Crippen LogP contribution in [0.5, 0.6) is 0 Å². The molecule has 0 aromatic carbocycles. The Morgan fingerprint density at radius 3 is 2.33 bits per heavy atom. The zero-order chi connectivity index (χ0) is 13.9. The van der Waals surface area contributed by atoms with Crippen LogP contribution in [-0.2, 0) is 4.79 Å². The number of aliphatic hydroxyl groups excluding tert-OH is 1. The molecule has 0 spiro atoms. The highest BCUT2D eigenvalue weighted by atomic mass is 16.3. The molecule has 5 heteroatoms. The van der Waals surface area contributed by atoms with Gasteiger partial charge in [-0.1, -0.05) is 0 Å². The third-order valence-electron chi connectivity index (χ3n) is 3.98. The number of rotatable bonds is 5. The molecule has 1 fully saturated rings. The standard InChI is InChI=1S/C13H27N3O2/c1-8-5-6-9(2)16(8)10(3)13(18)15-7-12(14)11(4)17/h8-12,17H,5-7,14H2,1-4H3,(H,15,18). The predicted octanol–water partition coefficient (Wildman–Crippen LogP) is 0.0720. The van der Waals surface area contributed by atoms with E-state index in [0.717, 1.165) is 12.8 Å². The third kappa shape index (κ3) is 3.67. The van der Waals surface area contributed by atoms with Crippen molar-refractivity contribution in [3.05, 3.63) is 0 Å². The van der Waals surface area contributed by atoms with E-state index in [1.165, 1.54) is 0 Å². The molecule has 4 N–H and O–H groups in total. The average molecular weight is 257 g/mol. The number of nitrogens with one attached hydrogen (secondary N) is 1. The molecular formula is C13H27N3O2. The second kappa shape index (κ2) is 6.50. The monoisotopic (exact) mass is 257 g/mol. The first-order valence-corrected chi connectivity index (χ1v) is 6.83. The van der Waals surface area contributed by atoms with E-state index in [9.17, 15) is 9.90 Å². The summed E-state index contributed by atoms with van der Waals surface area (Å²) in [6, 6.07) is 0.352. The van der Waals surface area contributed by atoms with Crippen molar-refractivity contribution in [2.75, 3.05) is 6.54 Å². The van der Waals surface area contributed by atoms with Gasteiger partial charge in [0.2, 0.25) is 5.91 Å². The van der Waals surface area contributed by atoms with E-state index in [-0.39, 0.29) is 11.9 Å². The molecule has 1 saturated heterocycles. The third-order valence-corrected chi connectivity index (χ3v) is 3.98. The van der Waals surface area contributed by atoms with Gasteiger partial charge in [-0.15, -0.1) is 0 Å². The summed E-state index contributed by atoms with van der Waals surface area (Å²) >= 11 is 0. The highest BCUT2D eigenvalue weighted by molar-refractivity contribution is 5.81. The molecule has 0 aliphatic carbocycles. The summed E-state index contributed by atoms with van der Waals surface area (Å²) in [5.74, 6) is -0.00769. The van der Waals surface area contributed by atoms with Crippen LogP contribution in [0.25, 0.3) is 0 Å². The van der Waals surface area contributed by atoms with Crippen LogP contribution in [0.2, 0.25) is 0 Å². The molecule has 1 rings (SSSR count). The lowest BCUT2D eigenvalue weighted by Crippen LogP contribution is -2.52. The molecule has 1 aliphatic heterocycles. The van der Waals surface area contributed by atoms with Crippen molar-refractivity contribution in [3.63, 3.8) is 0 Å². The van der Waals surface area contributed by atoms with Gasteiger partial charge in [0.05, 0.1) is 12.1 Å². The van der Waals surface area contributed by atoms with E-state index in [1.807, 2.05) is 6.92 Å². The Morgan fingerprint density at radius 1 is 1.39 bits per heavy atom. The van der Waals surface area contributed by atoms with E-state index in [4.69, 9.17) is 5.73 Å². The number of carbonyl (C=O) groups excluding carboxylic acids is 1. The zero-order valence-electron chi connectivity index (χ0n) is 11.9. The molecule has 1 aliphatic rings. The van der Waals surface area contributed by atoms with Crippen molar-refractivity contribution in [1.82, 2.24) is 10.2 Å². The van der Waals surface area contributed by atoms with Gasteiger partial charge in [-0.2, -0.15) is 0 Å². The van der Waals surface area contributed by atoms with E-state index in [1.54, 1.807) is 6.92 Å². The highest BCUT2D eigenvalue weighted by Gasteiger charge is 2.34. The molecule has 18 heavy (non-hydrogen) atoms. The van der Waals surface area contributed by atoms with E-state index in [0.29, 0.717) is 18.6 Å². The SMILES string of the molecule is CC(O)C(N)CNC(=O)C(C)N1C(C)CCC1C. The lowest BCUT2D eigenvalue weighted by atomic mass is 10.1. The van der Waals surface area contributed by atoms with Gasteiger partial charge in [-0.25, -0.2) is 0 Å². The Bertz CT molecular complexity index is 273. The minimum atomic E-state index is -0.606. The van der Waals surface area contributed by atoms with Gasteiger partial charge >= 0.3 is 0 Å². The molecule has 0 aromatic heterocycles. The second-order valence-electron chi connectivity index (χ2n) is 5.55. The minimum absolute atomic E-state index is 0.00769. The van der Waals surface area contributed by atoms with Crippen LogP contribution in [0.15, 0.2) is 0 Å². The quantitative estimate of drug-likeness (QED) is 0.651. The van der Waals surface area contributed by atoms with Gasteiger partial charge in [-0.3, -0.25) is 9.69 Å². The van der Waals surface area contributed by atoms with Crippen LogP contribution in [0, 0.1) is 0 Å². The zero-order valence-corrected chi connectivity index (χ0v) is 11.9. The predicted molar refractivity (Wildman–Crippen MR) is 72.1 cm³/mol. The number of hydrogen-bond acceptors (Lipinski definition) is 4. The molecule has 5 nitrogen and oxygen atoms in total. The Kier molecular flexibility index (Phi) is 5.56. The van der Waals surface area contributed by atoms with Crippen LogP contribution in [0.1, 0.15) is 40.5 Å². The topological polar surface area (TPSA) is 78.6 Å². The van der Waals surface area contributed by atoms with E-state index in [2.05, 4.69) is 24.1 Å². The van der Waals surface area contributed by atoms with Crippen molar-refractivity contribution >= 4 is 5.91 Å². The molecule has 106 valence electrons. The number of amides is 1. The van der Waals surface area contributed by atoms with E-state index < -0.39 is 12.1 Å². The van der Waals surface area contributed by atoms with Crippen LogP contribution >= 0.6 is 0 Å². The summed E-state index contributed by atoms with van der Waals surface area (Å²) in [7, 11) is 0. The maximum Gasteiger partial charge on any atom is 0.237 e. The number of hydrogen-bond donors (Lipinski definition) is 3. The molecule has 5 atom stereocenters. The summed E-state index contributed by atoms with van der Waals surface area (Å²) in [6.45, 7) is 8.20. The largest absolute Gasteiger partial charge is 0.392 e. The molecular weight excluding hydrogens is 230 g/mol. The fourth-order valence-corrected chi connectivity index (χ4v) is 2.65. The Hall–Kier alpha value is -0.650. The Labute approximate surface area is 110 Å².